The summed E-state index contributed by atoms with van der Waals surface area (Å²) in [6.07, 6.45) is 0. The minimum Gasteiger partial charge on any atom is -0.497 e. The zero-order valence-corrected chi connectivity index (χ0v) is 20.1. The van der Waals surface area contributed by atoms with Crippen LogP contribution in [0.5, 0.6) is 5.75 Å². The van der Waals surface area contributed by atoms with Gasteiger partial charge in [-0.25, -0.2) is 13.2 Å². The molecule has 4 rings (SSSR count). The highest BCUT2D eigenvalue weighted by atomic mass is 32.2. The zero-order chi connectivity index (χ0) is 24.3. The number of aromatic amines is 1. The number of hydrogen-bond donors (Lipinski definition) is 1. The molecule has 0 unspecified atom stereocenters. The van der Waals surface area contributed by atoms with E-state index in [2.05, 4.69) is 9.72 Å². The molecule has 2 aromatic heterocycles. The number of fused-ring (bicyclic) bond motifs is 1. The topological polar surface area (TPSA) is 106 Å². The summed E-state index contributed by atoms with van der Waals surface area (Å²) >= 11 is 1.43. The molecule has 0 aliphatic carbocycles. The van der Waals surface area contributed by atoms with Crippen molar-refractivity contribution < 1.29 is 22.7 Å². The summed E-state index contributed by atoms with van der Waals surface area (Å²) in [7, 11) is -1.19. The molecule has 2 aromatic carbocycles. The van der Waals surface area contributed by atoms with E-state index < -0.39 is 16.0 Å². The molecule has 10 heteroatoms. The Morgan fingerprint density at radius 1 is 1.03 bits per heavy atom. The lowest BCUT2D eigenvalue weighted by atomic mass is 10.1. The number of rotatable bonds is 8. The van der Waals surface area contributed by atoms with Gasteiger partial charge in [0.2, 0.25) is 10.0 Å². The smallest absolute Gasteiger partial charge is 0.337 e. The SMILES string of the molecule is COC(=O)c1ccc(S(=O)(=O)N(Cc2cccs2)Cc2cc3ccc(OC)cc3[nH]c2=O)cc1. The van der Waals surface area contributed by atoms with E-state index in [1.165, 1.54) is 47.0 Å². The molecule has 176 valence electrons. The quantitative estimate of drug-likeness (QED) is 0.371. The van der Waals surface area contributed by atoms with Crippen LogP contribution in [0.2, 0.25) is 0 Å². The number of ether oxygens (including phenoxy) is 2. The van der Waals surface area contributed by atoms with Crippen LogP contribution in [-0.2, 0) is 27.8 Å². The van der Waals surface area contributed by atoms with E-state index in [0.29, 0.717) is 16.8 Å². The fourth-order valence-electron chi connectivity index (χ4n) is 3.49. The molecule has 0 aliphatic rings. The van der Waals surface area contributed by atoms with E-state index in [-0.39, 0.29) is 29.1 Å². The highest BCUT2D eigenvalue weighted by molar-refractivity contribution is 7.89. The molecule has 8 nitrogen and oxygen atoms in total. The average Bonchev–Trinajstić information content (AvgIpc) is 3.36. The Bertz CT molecular complexity index is 1480. The third-order valence-corrected chi connectivity index (χ3v) is 7.97. The van der Waals surface area contributed by atoms with Crippen LogP contribution in [0.25, 0.3) is 10.9 Å². The first-order chi connectivity index (χ1) is 16.3. The van der Waals surface area contributed by atoms with Crippen LogP contribution in [0.15, 0.2) is 75.7 Å². The van der Waals surface area contributed by atoms with Crippen molar-refractivity contribution in [2.45, 2.75) is 18.0 Å². The van der Waals surface area contributed by atoms with Crippen molar-refractivity contribution in [1.82, 2.24) is 9.29 Å². The minimum atomic E-state index is -3.99. The summed E-state index contributed by atoms with van der Waals surface area (Å²) in [5.41, 5.74) is 0.768. The normalized spacial score (nSPS) is 11.6. The second kappa shape index (κ2) is 9.80. The summed E-state index contributed by atoms with van der Waals surface area (Å²) in [6, 6.07) is 16.2. The molecule has 0 atom stereocenters. The van der Waals surface area contributed by atoms with E-state index in [9.17, 15) is 18.0 Å². The predicted molar refractivity (Wildman–Crippen MR) is 130 cm³/mol. The van der Waals surface area contributed by atoms with Gasteiger partial charge in [0.25, 0.3) is 5.56 Å². The van der Waals surface area contributed by atoms with Crippen LogP contribution in [0, 0.1) is 0 Å². The van der Waals surface area contributed by atoms with Gasteiger partial charge >= 0.3 is 5.97 Å². The molecule has 0 saturated carbocycles. The van der Waals surface area contributed by atoms with Gasteiger partial charge in [-0.3, -0.25) is 4.79 Å². The monoisotopic (exact) mass is 498 g/mol. The average molecular weight is 499 g/mol. The fraction of sp³-hybridized carbons (Fsp3) is 0.167. The van der Waals surface area contributed by atoms with E-state index in [4.69, 9.17) is 4.74 Å². The van der Waals surface area contributed by atoms with Crippen molar-refractivity contribution in [3.63, 3.8) is 0 Å². The lowest BCUT2D eigenvalue weighted by molar-refractivity contribution is 0.0600. The van der Waals surface area contributed by atoms with Gasteiger partial charge in [0, 0.05) is 29.6 Å². The maximum absolute atomic E-state index is 13.6. The highest BCUT2D eigenvalue weighted by Crippen LogP contribution is 2.24. The third-order valence-electron chi connectivity index (χ3n) is 5.30. The molecular weight excluding hydrogens is 476 g/mol. The number of thiophene rings is 1. The van der Waals surface area contributed by atoms with E-state index in [0.717, 1.165) is 10.3 Å². The number of carbonyl (C=O) groups is 1. The van der Waals surface area contributed by atoms with Crippen molar-refractivity contribution in [3.05, 3.63) is 92.4 Å². The number of H-pyrrole nitrogens is 1. The van der Waals surface area contributed by atoms with Crippen LogP contribution in [0.1, 0.15) is 20.8 Å². The first-order valence-electron chi connectivity index (χ1n) is 10.2. The molecule has 1 N–H and O–H groups in total. The Morgan fingerprint density at radius 3 is 2.44 bits per heavy atom. The van der Waals surface area contributed by atoms with Gasteiger partial charge in [0.05, 0.1) is 30.2 Å². The number of pyridine rings is 1. The molecular formula is C24H22N2O6S2. The highest BCUT2D eigenvalue weighted by Gasteiger charge is 2.27. The summed E-state index contributed by atoms with van der Waals surface area (Å²) in [6.45, 7) is -0.0326. The molecule has 0 spiro atoms. The summed E-state index contributed by atoms with van der Waals surface area (Å²) in [5, 5.41) is 2.62. The Hall–Kier alpha value is -3.47. The fourth-order valence-corrected chi connectivity index (χ4v) is 5.69. The molecule has 0 saturated heterocycles. The second-order valence-corrected chi connectivity index (χ2v) is 10.4. The van der Waals surface area contributed by atoms with Crippen LogP contribution in [0.3, 0.4) is 0 Å². The van der Waals surface area contributed by atoms with Gasteiger partial charge in [-0.05, 0) is 59.3 Å². The second-order valence-electron chi connectivity index (χ2n) is 7.45. The maximum atomic E-state index is 13.6. The Kier molecular flexibility index (Phi) is 6.82. The Labute approximate surface area is 200 Å². The molecule has 4 aromatic rings. The number of hydrogen-bond acceptors (Lipinski definition) is 7. The third kappa shape index (κ3) is 4.89. The van der Waals surface area contributed by atoms with E-state index in [1.54, 1.807) is 31.4 Å². The van der Waals surface area contributed by atoms with Crippen molar-refractivity contribution >= 4 is 38.2 Å². The standard InChI is InChI=1S/C24H22N2O6S2/c1-31-19-8-5-17-12-18(23(27)25-22(17)13-19)14-26(15-20-4-3-11-33-20)34(29,30)21-9-6-16(7-10-21)24(28)32-2/h3-13H,14-15H2,1-2H3,(H,25,27). The molecule has 0 radical (unpaired) electrons. The number of nitrogens with one attached hydrogen (secondary N) is 1. The Balaban J connectivity index is 1.72. The van der Waals surface area contributed by atoms with Gasteiger partial charge in [-0.15, -0.1) is 11.3 Å². The number of esters is 1. The van der Waals surface area contributed by atoms with E-state index >= 15 is 0 Å². The van der Waals surface area contributed by atoms with Crippen LogP contribution >= 0.6 is 11.3 Å². The van der Waals surface area contributed by atoms with Crippen LogP contribution in [0.4, 0.5) is 0 Å². The Morgan fingerprint density at radius 2 is 1.79 bits per heavy atom. The number of benzene rings is 2. The van der Waals surface area contributed by atoms with Crippen molar-refractivity contribution in [1.29, 1.82) is 0 Å². The molecule has 0 fully saturated rings. The number of aromatic nitrogens is 1. The van der Waals surface area contributed by atoms with Crippen LogP contribution < -0.4 is 10.3 Å². The number of methoxy groups -OCH3 is 2. The van der Waals surface area contributed by atoms with E-state index in [1.807, 2.05) is 17.5 Å². The molecule has 0 aliphatic heterocycles. The summed E-state index contributed by atoms with van der Waals surface area (Å²) in [4.78, 5) is 28.2. The van der Waals surface area contributed by atoms with Gasteiger partial charge in [0.15, 0.2) is 0 Å². The first-order valence-corrected chi connectivity index (χ1v) is 12.5. The summed E-state index contributed by atoms with van der Waals surface area (Å²) < 4.78 is 38.3. The largest absolute Gasteiger partial charge is 0.497 e. The van der Waals surface area contributed by atoms with Crippen molar-refractivity contribution in [3.8, 4) is 5.75 Å². The molecule has 0 amide bonds. The van der Waals surface area contributed by atoms with Crippen LogP contribution in [-0.4, -0.2) is 37.9 Å². The van der Waals surface area contributed by atoms with Gasteiger partial charge in [0.1, 0.15) is 5.75 Å². The van der Waals surface area contributed by atoms with Gasteiger partial charge in [-0.2, -0.15) is 4.31 Å². The molecule has 0 bridgehead atoms. The number of carbonyl (C=O) groups excluding carboxylic acids is 1. The lowest BCUT2D eigenvalue weighted by Gasteiger charge is -2.22. The zero-order valence-electron chi connectivity index (χ0n) is 18.5. The van der Waals surface area contributed by atoms with Gasteiger partial charge < -0.3 is 14.5 Å². The molecule has 34 heavy (non-hydrogen) atoms. The maximum Gasteiger partial charge on any atom is 0.337 e. The number of sulfonamides is 1. The minimum absolute atomic E-state index is 0.0127. The van der Waals surface area contributed by atoms with Gasteiger partial charge in [-0.1, -0.05) is 6.07 Å². The predicted octanol–water partition coefficient (Wildman–Crippen LogP) is 3.78. The molecule has 2 heterocycles. The van der Waals surface area contributed by atoms with Crippen molar-refractivity contribution in [2.24, 2.45) is 0 Å². The summed E-state index contributed by atoms with van der Waals surface area (Å²) in [5.74, 6) is 0.0481. The number of nitrogens with zero attached hydrogens (tertiary/aromatic N) is 1. The lowest BCUT2D eigenvalue weighted by Crippen LogP contribution is -2.32. The van der Waals surface area contributed by atoms with Crippen molar-refractivity contribution in [2.75, 3.05) is 14.2 Å². The first kappa shape index (κ1) is 23.7.